The molecule has 0 saturated carbocycles. The third-order valence-corrected chi connectivity index (χ3v) is 4.05. The minimum atomic E-state index is 0.594. The van der Waals surface area contributed by atoms with Gasteiger partial charge < -0.3 is 5.32 Å². The Labute approximate surface area is 98.8 Å². The van der Waals surface area contributed by atoms with E-state index in [4.69, 9.17) is 0 Å². The number of benzene rings is 1. The molecule has 3 rings (SSSR count). The summed E-state index contributed by atoms with van der Waals surface area (Å²) in [5.74, 6) is 0. The van der Waals surface area contributed by atoms with Crippen LogP contribution in [0.15, 0.2) is 22.7 Å². The summed E-state index contributed by atoms with van der Waals surface area (Å²) >= 11 is 3.55. The van der Waals surface area contributed by atoms with Crippen molar-refractivity contribution in [2.24, 2.45) is 0 Å². The topological polar surface area (TPSA) is 15.3 Å². The van der Waals surface area contributed by atoms with Crippen molar-refractivity contribution in [1.29, 1.82) is 0 Å². The quantitative estimate of drug-likeness (QED) is 0.776. The molecule has 1 unspecified atom stereocenters. The van der Waals surface area contributed by atoms with Crippen LogP contribution in [0.1, 0.15) is 24.1 Å². The Balaban J connectivity index is 2.00. The zero-order valence-electron chi connectivity index (χ0n) is 8.83. The highest BCUT2D eigenvalue weighted by Crippen LogP contribution is 2.37. The van der Waals surface area contributed by atoms with Gasteiger partial charge in [0.2, 0.25) is 0 Å². The first-order valence-electron chi connectivity index (χ1n) is 5.50. The molecule has 2 aliphatic rings. The van der Waals surface area contributed by atoms with E-state index in [9.17, 15) is 0 Å². The minimum Gasteiger partial charge on any atom is -0.313 e. The van der Waals surface area contributed by atoms with Gasteiger partial charge >= 0.3 is 0 Å². The number of hydrogen-bond acceptors (Lipinski definition) is 2. The second-order valence-electron chi connectivity index (χ2n) is 4.54. The molecule has 2 aliphatic heterocycles. The third kappa shape index (κ3) is 1.53. The van der Waals surface area contributed by atoms with Crippen LogP contribution in [0.5, 0.6) is 0 Å². The van der Waals surface area contributed by atoms with Crippen LogP contribution < -0.4 is 5.32 Å². The maximum absolute atomic E-state index is 3.55. The van der Waals surface area contributed by atoms with Crippen molar-refractivity contribution in [3.8, 4) is 0 Å². The second-order valence-corrected chi connectivity index (χ2v) is 5.45. The van der Waals surface area contributed by atoms with Gasteiger partial charge in [0.15, 0.2) is 0 Å². The van der Waals surface area contributed by atoms with Gasteiger partial charge in [-0.05, 0) is 30.2 Å². The molecule has 0 amide bonds. The Morgan fingerprint density at radius 1 is 1.40 bits per heavy atom. The van der Waals surface area contributed by atoms with Crippen LogP contribution in [-0.2, 0) is 6.54 Å². The molecule has 0 spiro atoms. The number of nitrogens with one attached hydrogen (secondary N) is 1. The lowest BCUT2D eigenvalue weighted by molar-refractivity contribution is 0.119. The lowest BCUT2D eigenvalue weighted by atomic mass is 10.0. The standard InChI is InChI=1S/C12H15BrN2/c1-8-5-14-6-12-11-3-2-10(13)4-9(11)7-15(8)12/h2-4,8,12,14H,5-7H2,1H3/t8-,12?/m0/s1. The average molecular weight is 267 g/mol. The van der Waals surface area contributed by atoms with Crippen molar-refractivity contribution < 1.29 is 0 Å². The van der Waals surface area contributed by atoms with Crippen molar-refractivity contribution in [1.82, 2.24) is 10.2 Å². The molecule has 1 N–H and O–H groups in total. The predicted molar refractivity (Wildman–Crippen MR) is 64.8 cm³/mol. The van der Waals surface area contributed by atoms with Crippen LogP contribution in [0.4, 0.5) is 0 Å². The number of fused-ring (bicyclic) bond motifs is 3. The molecule has 80 valence electrons. The average Bonchev–Trinajstić information content (AvgIpc) is 2.57. The van der Waals surface area contributed by atoms with E-state index in [2.05, 4.69) is 51.3 Å². The predicted octanol–water partition coefficient (Wildman–Crippen LogP) is 2.30. The van der Waals surface area contributed by atoms with E-state index in [0.717, 1.165) is 19.6 Å². The molecule has 0 bridgehead atoms. The van der Waals surface area contributed by atoms with Crippen molar-refractivity contribution in [2.75, 3.05) is 13.1 Å². The van der Waals surface area contributed by atoms with Crippen molar-refractivity contribution in [2.45, 2.75) is 25.6 Å². The van der Waals surface area contributed by atoms with E-state index < -0.39 is 0 Å². The lowest BCUT2D eigenvalue weighted by Crippen LogP contribution is -2.48. The Morgan fingerprint density at radius 2 is 2.27 bits per heavy atom. The van der Waals surface area contributed by atoms with Gasteiger partial charge in [0.1, 0.15) is 0 Å². The summed E-state index contributed by atoms with van der Waals surface area (Å²) in [6, 6.07) is 7.93. The van der Waals surface area contributed by atoms with E-state index in [-0.39, 0.29) is 0 Å². The summed E-state index contributed by atoms with van der Waals surface area (Å²) in [5.41, 5.74) is 3.00. The fourth-order valence-corrected chi connectivity index (χ4v) is 3.17. The number of rotatable bonds is 0. The Morgan fingerprint density at radius 3 is 3.13 bits per heavy atom. The van der Waals surface area contributed by atoms with Gasteiger partial charge in [0, 0.05) is 36.2 Å². The first kappa shape index (κ1) is 9.82. The highest BCUT2D eigenvalue weighted by molar-refractivity contribution is 9.10. The van der Waals surface area contributed by atoms with Gasteiger partial charge in [0.25, 0.3) is 0 Å². The molecule has 1 saturated heterocycles. The van der Waals surface area contributed by atoms with Gasteiger partial charge in [-0.25, -0.2) is 0 Å². The zero-order chi connectivity index (χ0) is 10.4. The fraction of sp³-hybridized carbons (Fsp3) is 0.500. The molecule has 2 nitrogen and oxygen atoms in total. The molecule has 0 aromatic heterocycles. The smallest absolute Gasteiger partial charge is 0.0482 e. The molecule has 0 radical (unpaired) electrons. The first-order valence-corrected chi connectivity index (χ1v) is 6.30. The molecule has 2 heterocycles. The number of piperazine rings is 1. The van der Waals surface area contributed by atoms with Crippen molar-refractivity contribution in [3.63, 3.8) is 0 Å². The largest absolute Gasteiger partial charge is 0.313 e. The van der Waals surface area contributed by atoms with E-state index in [1.807, 2.05) is 0 Å². The number of halogens is 1. The van der Waals surface area contributed by atoms with Crippen LogP contribution in [0.3, 0.4) is 0 Å². The van der Waals surface area contributed by atoms with Crippen LogP contribution >= 0.6 is 15.9 Å². The van der Waals surface area contributed by atoms with Crippen LogP contribution in [0, 0.1) is 0 Å². The molecule has 1 aromatic carbocycles. The Bertz CT molecular complexity index is 391. The van der Waals surface area contributed by atoms with E-state index in [0.29, 0.717) is 12.1 Å². The molecule has 3 heteroatoms. The fourth-order valence-electron chi connectivity index (χ4n) is 2.76. The first-order chi connectivity index (χ1) is 7.25. The van der Waals surface area contributed by atoms with Gasteiger partial charge in [-0.15, -0.1) is 0 Å². The minimum absolute atomic E-state index is 0.594. The summed E-state index contributed by atoms with van der Waals surface area (Å²) in [6.45, 7) is 5.63. The maximum Gasteiger partial charge on any atom is 0.0482 e. The third-order valence-electron chi connectivity index (χ3n) is 3.56. The molecule has 1 fully saturated rings. The van der Waals surface area contributed by atoms with Gasteiger partial charge in [-0.2, -0.15) is 0 Å². The van der Waals surface area contributed by atoms with Gasteiger partial charge in [-0.1, -0.05) is 22.0 Å². The molecule has 2 atom stereocenters. The molecule has 0 aliphatic carbocycles. The van der Waals surface area contributed by atoms with Crippen LogP contribution in [0.2, 0.25) is 0 Å². The zero-order valence-corrected chi connectivity index (χ0v) is 10.4. The molecular formula is C12H15BrN2. The summed E-state index contributed by atoms with van der Waals surface area (Å²) < 4.78 is 1.20. The normalized spacial score (nSPS) is 30.0. The number of nitrogens with zero attached hydrogens (tertiary/aromatic N) is 1. The van der Waals surface area contributed by atoms with Crippen LogP contribution in [-0.4, -0.2) is 24.0 Å². The lowest BCUT2D eigenvalue weighted by Gasteiger charge is -2.36. The summed E-state index contributed by atoms with van der Waals surface area (Å²) in [4.78, 5) is 2.60. The van der Waals surface area contributed by atoms with Gasteiger partial charge in [0.05, 0.1) is 0 Å². The van der Waals surface area contributed by atoms with Crippen molar-refractivity contribution in [3.05, 3.63) is 33.8 Å². The maximum atomic E-state index is 3.55. The summed E-state index contributed by atoms with van der Waals surface area (Å²) in [5, 5.41) is 3.51. The Hall–Kier alpha value is -0.380. The summed E-state index contributed by atoms with van der Waals surface area (Å²) in [7, 11) is 0. The second kappa shape index (κ2) is 3.58. The molecule has 15 heavy (non-hydrogen) atoms. The highest BCUT2D eigenvalue weighted by Gasteiger charge is 2.35. The van der Waals surface area contributed by atoms with Crippen molar-refractivity contribution >= 4 is 15.9 Å². The van der Waals surface area contributed by atoms with E-state index in [1.54, 1.807) is 0 Å². The SMILES string of the molecule is C[C@H]1CNCC2c3ccc(Br)cc3CN21. The molecular weight excluding hydrogens is 252 g/mol. The Kier molecular flexibility index (Phi) is 2.34. The van der Waals surface area contributed by atoms with Crippen LogP contribution in [0.25, 0.3) is 0 Å². The number of hydrogen-bond donors (Lipinski definition) is 1. The monoisotopic (exact) mass is 266 g/mol. The summed E-state index contributed by atoms with van der Waals surface area (Å²) in [6.07, 6.45) is 0. The van der Waals surface area contributed by atoms with E-state index >= 15 is 0 Å². The molecule has 1 aromatic rings. The van der Waals surface area contributed by atoms with E-state index in [1.165, 1.54) is 15.6 Å². The van der Waals surface area contributed by atoms with Gasteiger partial charge in [-0.3, -0.25) is 4.90 Å². The highest BCUT2D eigenvalue weighted by atomic mass is 79.9.